The second kappa shape index (κ2) is 13.3. The van der Waals surface area contributed by atoms with Crippen molar-refractivity contribution in [2.24, 2.45) is 68.0 Å². The van der Waals surface area contributed by atoms with Crippen molar-refractivity contribution in [3.05, 3.63) is 29.9 Å². The summed E-state index contributed by atoms with van der Waals surface area (Å²) in [5, 5.41) is 0. The summed E-state index contributed by atoms with van der Waals surface area (Å²) in [7, 11) is 0. The molecule has 0 bridgehead atoms. The number of carbonyl (C=O) groups excluding carboxylic acids is 3. The first-order chi connectivity index (χ1) is 26.6. The molecule has 0 unspecified atom stereocenters. The van der Waals surface area contributed by atoms with E-state index in [1.165, 1.54) is 0 Å². The van der Waals surface area contributed by atoms with E-state index in [0.717, 1.165) is 82.4 Å². The number of esters is 1. The first kappa shape index (κ1) is 40.9. The van der Waals surface area contributed by atoms with Crippen LogP contribution in [-0.2, 0) is 30.0 Å². The van der Waals surface area contributed by atoms with Gasteiger partial charge in [-0.3, -0.25) is 14.4 Å². The summed E-state index contributed by atoms with van der Waals surface area (Å²) in [6, 6.07) is -0.476. The zero-order valence-corrected chi connectivity index (χ0v) is 35.5. The average molecular weight is 798 g/mol. The zero-order valence-electron chi connectivity index (χ0n) is 35.5. The van der Waals surface area contributed by atoms with Crippen LogP contribution in [0.3, 0.4) is 0 Å². The summed E-state index contributed by atoms with van der Waals surface area (Å²) in [4.78, 5) is 48.5. The Bertz CT molecular complexity index is 1810. The lowest BCUT2D eigenvalue weighted by molar-refractivity contribution is -0.252. The average Bonchev–Trinajstić information content (AvgIpc) is 3.90. The fourth-order valence-corrected chi connectivity index (χ4v) is 15.7. The predicted octanol–water partition coefficient (Wildman–Crippen LogP) is 10.2. The Kier molecular flexibility index (Phi) is 9.56. The minimum absolute atomic E-state index is 0.00675. The van der Waals surface area contributed by atoms with Gasteiger partial charge < -0.3 is 19.4 Å². The number of imidazole rings is 1. The topological polar surface area (TPSA) is 102 Å². The Morgan fingerprint density at radius 3 is 2.28 bits per heavy atom. The van der Waals surface area contributed by atoms with E-state index in [2.05, 4.69) is 58.1 Å². The maximum Gasteiger partial charge on any atom is 0.432 e. The number of H-pyrrole nitrogens is 1. The lowest BCUT2D eigenvalue weighted by Gasteiger charge is -2.73. The molecule has 57 heavy (non-hydrogen) atoms. The lowest BCUT2D eigenvalue weighted by Crippen LogP contribution is -2.67. The van der Waals surface area contributed by atoms with E-state index in [9.17, 15) is 22.8 Å². The summed E-state index contributed by atoms with van der Waals surface area (Å²) in [6.45, 7) is 23.9. The fourth-order valence-electron chi connectivity index (χ4n) is 15.7. The normalized spacial score (nSPS) is 44.4. The van der Waals surface area contributed by atoms with E-state index in [-0.39, 0.29) is 69.3 Å². The molecule has 11 heteroatoms. The van der Waals surface area contributed by atoms with Gasteiger partial charge in [0, 0.05) is 17.4 Å². The molecule has 1 aromatic heterocycles. The van der Waals surface area contributed by atoms with E-state index in [0.29, 0.717) is 43.6 Å². The van der Waals surface area contributed by atoms with Gasteiger partial charge >= 0.3 is 12.1 Å². The molecule has 1 amide bonds. The summed E-state index contributed by atoms with van der Waals surface area (Å²) in [5.41, 5.74) is -0.805. The van der Waals surface area contributed by atoms with Crippen LogP contribution in [0.25, 0.3) is 0 Å². The van der Waals surface area contributed by atoms with Gasteiger partial charge in [-0.15, -0.1) is 0 Å². The molecule has 6 aliphatic carbocycles. The van der Waals surface area contributed by atoms with Crippen molar-refractivity contribution in [2.45, 2.75) is 163 Å². The van der Waals surface area contributed by atoms with E-state index < -0.39 is 28.7 Å². The molecule has 8 rings (SSSR count). The molecule has 1 aliphatic heterocycles. The van der Waals surface area contributed by atoms with Crippen molar-refractivity contribution in [1.29, 1.82) is 0 Å². The number of rotatable bonds is 7. The third-order valence-electron chi connectivity index (χ3n) is 19.1. The molecule has 8 nitrogen and oxygen atoms in total. The van der Waals surface area contributed by atoms with Crippen molar-refractivity contribution >= 4 is 18.3 Å². The predicted molar refractivity (Wildman–Crippen MR) is 209 cm³/mol. The highest BCUT2D eigenvalue weighted by Crippen LogP contribution is 2.78. The van der Waals surface area contributed by atoms with Gasteiger partial charge in [-0.1, -0.05) is 60.6 Å². The number of carbonyl (C=O) groups is 3. The van der Waals surface area contributed by atoms with Crippen LogP contribution in [0.1, 0.15) is 156 Å². The van der Waals surface area contributed by atoms with Gasteiger partial charge in [-0.25, -0.2) is 4.98 Å². The van der Waals surface area contributed by atoms with Crippen LogP contribution in [-0.4, -0.2) is 52.0 Å². The van der Waals surface area contributed by atoms with Crippen LogP contribution in [0.5, 0.6) is 0 Å². The number of ether oxygens (including phenoxy) is 2. The van der Waals surface area contributed by atoms with Crippen molar-refractivity contribution < 1.29 is 37.0 Å². The Hall–Kier alpha value is -2.85. The summed E-state index contributed by atoms with van der Waals surface area (Å²) in [5.74, 6) is 1.51. The number of aromatic nitrogens is 2. The van der Waals surface area contributed by atoms with Crippen molar-refractivity contribution in [3.63, 3.8) is 0 Å². The van der Waals surface area contributed by atoms with Gasteiger partial charge in [0.05, 0.1) is 23.6 Å². The molecule has 7 aliphatic rings. The molecule has 0 spiro atoms. The molecule has 316 valence electrons. The first-order valence-corrected chi connectivity index (χ1v) is 22.0. The quantitative estimate of drug-likeness (QED) is 0.168. The standard InChI is InChI=1S/C46H66F3N3O5/c1-26(2)27-14-19-45(39(55)52-22-10-11-30(52)37-50-24-33(51-37)46(47,48)49)21-20-43(8)28(36(27)45)12-13-32-42(7)17-16-34(41(5,6)31(42)15-18-44(32,43)9)57-38(54)29-23-35(56-25-53)40(29,3)4/h24-25,27-32,34-36H,1,10-23H2,2-9H3,(H,50,51)/t27-,28+,29+,30-,31-,32+,34-,35+,36+,42-,43+,44+,45-/m0/s1. The van der Waals surface area contributed by atoms with Crippen molar-refractivity contribution in [2.75, 3.05) is 6.54 Å². The number of hydrogen-bond donors (Lipinski definition) is 1. The van der Waals surface area contributed by atoms with E-state index in [4.69, 9.17) is 9.47 Å². The van der Waals surface area contributed by atoms with Crippen molar-refractivity contribution in [3.8, 4) is 0 Å². The SMILES string of the molecule is C=C(C)[C@@H]1CC[C@]2(C(=O)N3CCC[C@H]3c3ncc(C(F)(F)F)[nH]3)CC[C@]3(C)[C@H](CC[C@@H]4[C@@]5(C)CC[C@H](OC(=O)[C@H]6C[C@@H](OC=O)C6(C)C)C(C)(C)[C@@H]5CC[C@]43C)[C@@H]12. The van der Waals surface area contributed by atoms with Crippen LogP contribution < -0.4 is 0 Å². The van der Waals surface area contributed by atoms with Crippen molar-refractivity contribution in [1.82, 2.24) is 14.9 Å². The number of likely N-dealkylation sites (tertiary alicyclic amines) is 1. The minimum atomic E-state index is -4.52. The zero-order chi connectivity index (χ0) is 41.3. The van der Waals surface area contributed by atoms with Crippen LogP contribution in [0, 0.1) is 68.0 Å². The summed E-state index contributed by atoms with van der Waals surface area (Å²) in [6.07, 6.45) is 7.38. The number of hydrogen-bond acceptors (Lipinski definition) is 6. The molecular weight excluding hydrogens is 732 g/mol. The second-order valence-corrected chi connectivity index (χ2v) is 21.8. The van der Waals surface area contributed by atoms with E-state index in [1.807, 2.05) is 18.7 Å². The minimum Gasteiger partial charge on any atom is -0.464 e. The largest absolute Gasteiger partial charge is 0.464 e. The number of nitrogens with one attached hydrogen (secondary N) is 1. The molecule has 1 N–H and O–H groups in total. The third kappa shape index (κ3) is 5.70. The number of amides is 1. The second-order valence-electron chi connectivity index (χ2n) is 21.8. The van der Waals surface area contributed by atoms with Gasteiger partial charge in [0.1, 0.15) is 23.7 Å². The maximum atomic E-state index is 15.2. The number of fused-ring (bicyclic) bond motifs is 7. The summed E-state index contributed by atoms with van der Waals surface area (Å²) < 4.78 is 52.5. The van der Waals surface area contributed by atoms with Crippen LogP contribution >= 0.6 is 0 Å². The monoisotopic (exact) mass is 797 g/mol. The van der Waals surface area contributed by atoms with Gasteiger partial charge in [0.25, 0.3) is 6.47 Å². The van der Waals surface area contributed by atoms with E-state index in [1.54, 1.807) is 0 Å². The van der Waals surface area contributed by atoms with Gasteiger partial charge in [0.2, 0.25) is 5.91 Å². The Balaban J connectivity index is 1.05. The molecule has 0 aromatic carbocycles. The third-order valence-corrected chi connectivity index (χ3v) is 19.1. The molecule has 1 aromatic rings. The highest BCUT2D eigenvalue weighted by Gasteiger charge is 2.72. The smallest absolute Gasteiger partial charge is 0.432 e. The molecule has 13 atom stereocenters. The number of nitrogens with zero attached hydrogens (tertiary/aromatic N) is 2. The van der Waals surface area contributed by atoms with Crippen LogP contribution in [0.4, 0.5) is 13.2 Å². The van der Waals surface area contributed by atoms with Crippen LogP contribution in [0.2, 0.25) is 0 Å². The highest BCUT2D eigenvalue weighted by atomic mass is 19.4. The van der Waals surface area contributed by atoms with Crippen LogP contribution in [0.15, 0.2) is 18.3 Å². The highest BCUT2D eigenvalue weighted by molar-refractivity contribution is 5.84. The summed E-state index contributed by atoms with van der Waals surface area (Å²) >= 11 is 0. The van der Waals surface area contributed by atoms with Gasteiger partial charge in [0.15, 0.2) is 0 Å². The van der Waals surface area contributed by atoms with E-state index >= 15 is 4.79 Å². The maximum absolute atomic E-state index is 15.2. The molecule has 1 saturated heterocycles. The Morgan fingerprint density at radius 1 is 0.895 bits per heavy atom. The first-order valence-electron chi connectivity index (χ1n) is 22.0. The number of aromatic amines is 1. The van der Waals surface area contributed by atoms with Gasteiger partial charge in [-0.05, 0) is 136 Å². The molecule has 6 saturated carbocycles. The number of alkyl halides is 3. The molecule has 2 heterocycles. The molecule has 7 fully saturated rings. The van der Waals surface area contributed by atoms with Gasteiger partial charge in [-0.2, -0.15) is 13.2 Å². The molecule has 0 radical (unpaired) electrons. The Labute approximate surface area is 337 Å². The Morgan fingerprint density at radius 2 is 1.63 bits per heavy atom. The molecular formula is C46H66F3N3O5. The number of halogens is 3. The lowest BCUT2D eigenvalue weighted by atomic mass is 9.32. The fraction of sp³-hybridized carbons (Fsp3) is 0.826. The number of allylic oxidation sites excluding steroid dienone is 1.